The first-order chi connectivity index (χ1) is 12.7. The van der Waals surface area contributed by atoms with Crippen molar-refractivity contribution >= 4 is 51.1 Å². The molecule has 1 aliphatic rings. The highest BCUT2D eigenvalue weighted by molar-refractivity contribution is 9.10. The van der Waals surface area contributed by atoms with Crippen LogP contribution in [0.3, 0.4) is 0 Å². The van der Waals surface area contributed by atoms with Gasteiger partial charge in [-0.3, -0.25) is 14.5 Å². The maximum atomic E-state index is 13.2. The van der Waals surface area contributed by atoms with Gasteiger partial charge >= 0.3 is 6.03 Å². The van der Waals surface area contributed by atoms with Crippen molar-refractivity contribution in [2.45, 2.75) is 12.5 Å². The number of nitrogens with one attached hydrogen (secondary N) is 2. The second-order valence-corrected chi connectivity index (χ2v) is 7.46. The minimum absolute atomic E-state index is 0.148. The smallest absolute Gasteiger partial charge is 0.324 e. The van der Waals surface area contributed by atoms with Crippen LogP contribution in [0.15, 0.2) is 46.9 Å². The number of nitrogens with zero attached hydrogens (tertiary/aromatic N) is 1. The van der Waals surface area contributed by atoms with Crippen LogP contribution in [0.5, 0.6) is 0 Å². The summed E-state index contributed by atoms with van der Waals surface area (Å²) in [6.45, 7) is 1.09. The Bertz CT molecular complexity index is 955. The third-order valence-corrected chi connectivity index (χ3v) is 4.96. The molecule has 0 radical (unpaired) electrons. The lowest BCUT2D eigenvalue weighted by Crippen LogP contribution is -2.42. The summed E-state index contributed by atoms with van der Waals surface area (Å²) >= 11 is 9.01. The Morgan fingerprint density at radius 2 is 2.04 bits per heavy atom. The van der Waals surface area contributed by atoms with Crippen LogP contribution in [0.2, 0.25) is 5.02 Å². The van der Waals surface area contributed by atoms with E-state index in [0.717, 1.165) is 15.4 Å². The van der Waals surface area contributed by atoms with Gasteiger partial charge in [-0.15, -0.1) is 0 Å². The molecule has 6 nitrogen and oxygen atoms in total. The minimum Gasteiger partial charge on any atom is -0.324 e. The van der Waals surface area contributed by atoms with E-state index in [4.69, 9.17) is 11.6 Å². The first-order valence-corrected chi connectivity index (χ1v) is 9.03. The Morgan fingerprint density at radius 3 is 2.70 bits per heavy atom. The molecule has 2 aromatic rings. The van der Waals surface area contributed by atoms with E-state index in [1.54, 1.807) is 31.2 Å². The number of amides is 4. The van der Waals surface area contributed by atoms with Gasteiger partial charge in [-0.1, -0.05) is 39.7 Å². The van der Waals surface area contributed by atoms with Gasteiger partial charge in [0.2, 0.25) is 5.91 Å². The number of carbonyl (C=O) groups excluding carboxylic acids is 3. The molecule has 0 unspecified atom stereocenters. The van der Waals surface area contributed by atoms with Crippen LogP contribution in [-0.4, -0.2) is 29.3 Å². The van der Waals surface area contributed by atoms with E-state index in [2.05, 4.69) is 26.6 Å². The van der Waals surface area contributed by atoms with Crippen molar-refractivity contribution in [3.8, 4) is 0 Å². The summed E-state index contributed by atoms with van der Waals surface area (Å²) in [6.07, 6.45) is 0. The van der Waals surface area contributed by atoms with Gasteiger partial charge in [0.1, 0.15) is 17.9 Å². The zero-order valence-electron chi connectivity index (χ0n) is 14.1. The number of benzene rings is 2. The van der Waals surface area contributed by atoms with E-state index in [0.29, 0.717) is 5.56 Å². The molecule has 1 saturated heterocycles. The summed E-state index contributed by atoms with van der Waals surface area (Å²) in [6, 6.07) is 9.99. The van der Waals surface area contributed by atoms with Gasteiger partial charge in [0.05, 0.1) is 5.02 Å². The zero-order chi connectivity index (χ0) is 19.8. The maximum Gasteiger partial charge on any atom is 0.325 e. The fourth-order valence-corrected chi connectivity index (χ4v) is 3.33. The Kier molecular flexibility index (Phi) is 5.21. The summed E-state index contributed by atoms with van der Waals surface area (Å²) in [5, 5.41) is 4.96. The number of halogens is 3. The maximum absolute atomic E-state index is 13.2. The lowest BCUT2D eigenvalue weighted by atomic mass is 9.92. The lowest BCUT2D eigenvalue weighted by Gasteiger charge is -2.22. The van der Waals surface area contributed by atoms with Crippen molar-refractivity contribution in [1.29, 1.82) is 0 Å². The van der Waals surface area contributed by atoms with Gasteiger partial charge in [0.25, 0.3) is 5.91 Å². The molecular weight excluding hydrogens is 441 g/mol. The Balaban J connectivity index is 1.75. The fraction of sp³-hybridized carbons (Fsp3) is 0.167. The molecule has 0 aromatic heterocycles. The minimum atomic E-state index is -1.28. The molecule has 2 N–H and O–H groups in total. The van der Waals surface area contributed by atoms with Gasteiger partial charge in [-0.05, 0) is 42.8 Å². The number of anilines is 1. The molecule has 1 heterocycles. The van der Waals surface area contributed by atoms with Crippen molar-refractivity contribution in [1.82, 2.24) is 10.2 Å². The Labute approximate surface area is 167 Å². The van der Waals surface area contributed by atoms with Crippen molar-refractivity contribution < 1.29 is 18.8 Å². The molecule has 140 valence electrons. The summed E-state index contributed by atoms with van der Waals surface area (Å²) in [5.74, 6) is -1.77. The quantitative estimate of drug-likeness (QED) is 0.692. The lowest BCUT2D eigenvalue weighted by molar-refractivity contribution is -0.133. The first-order valence-electron chi connectivity index (χ1n) is 7.86. The molecule has 1 fully saturated rings. The van der Waals surface area contributed by atoms with Crippen molar-refractivity contribution in [3.05, 3.63) is 63.3 Å². The molecule has 9 heteroatoms. The van der Waals surface area contributed by atoms with Crippen LogP contribution in [0, 0.1) is 5.82 Å². The van der Waals surface area contributed by atoms with Crippen LogP contribution in [0.1, 0.15) is 12.5 Å². The standard InChI is InChI=1S/C18H14BrClFN3O3/c1-18(10-3-2-4-11(19)7-10)16(26)24(17(27)23-18)9-15(25)22-12-5-6-14(21)13(20)8-12/h2-8H,9H2,1H3,(H,22,25)(H,23,27)/t18-/m0/s1. The number of imide groups is 1. The number of urea groups is 1. The second-order valence-electron chi connectivity index (χ2n) is 6.13. The van der Waals surface area contributed by atoms with Crippen LogP contribution in [0.25, 0.3) is 0 Å². The largest absolute Gasteiger partial charge is 0.325 e. The molecule has 0 spiro atoms. The third kappa shape index (κ3) is 3.81. The monoisotopic (exact) mass is 453 g/mol. The van der Waals surface area contributed by atoms with E-state index in [1.807, 2.05) is 0 Å². The van der Waals surface area contributed by atoms with Crippen molar-refractivity contribution in [3.63, 3.8) is 0 Å². The zero-order valence-corrected chi connectivity index (χ0v) is 16.4. The predicted molar refractivity (Wildman–Crippen MR) is 102 cm³/mol. The third-order valence-electron chi connectivity index (χ3n) is 4.18. The van der Waals surface area contributed by atoms with Crippen LogP contribution >= 0.6 is 27.5 Å². The highest BCUT2D eigenvalue weighted by Gasteiger charge is 2.49. The number of hydrogen-bond acceptors (Lipinski definition) is 3. The van der Waals surface area contributed by atoms with Crippen molar-refractivity contribution in [2.75, 3.05) is 11.9 Å². The van der Waals surface area contributed by atoms with Gasteiger partial charge < -0.3 is 10.6 Å². The predicted octanol–water partition coefficient (Wildman–Crippen LogP) is 3.65. The van der Waals surface area contributed by atoms with Gasteiger partial charge in [0, 0.05) is 10.2 Å². The topological polar surface area (TPSA) is 78.5 Å². The van der Waals surface area contributed by atoms with E-state index < -0.39 is 35.7 Å². The molecule has 3 rings (SSSR count). The Morgan fingerprint density at radius 1 is 1.30 bits per heavy atom. The average Bonchev–Trinajstić information content (AvgIpc) is 2.82. The van der Waals surface area contributed by atoms with Crippen molar-refractivity contribution in [2.24, 2.45) is 0 Å². The first kappa shape index (κ1) is 19.3. The molecular formula is C18H14BrClFN3O3. The summed E-state index contributed by atoms with van der Waals surface area (Å²) in [4.78, 5) is 38.2. The molecule has 0 bridgehead atoms. The van der Waals surface area contributed by atoms with Gasteiger partial charge in [0.15, 0.2) is 0 Å². The summed E-state index contributed by atoms with van der Waals surface area (Å²) in [5.41, 5.74) is -0.433. The number of carbonyl (C=O) groups is 3. The SMILES string of the molecule is C[C@@]1(c2cccc(Br)c2)NC(=O)N(CC(=O)Nc2ccc(F)c(Cl)c2)C1=O. The van der Waals surface area contributed by atoms with E-state index in [9.17, 15) is 18.8 Å². The van der Waals surface area contributed by atoms with Crippen LogP contribution in [-0.2, 0) is 15.1 Å². The molecule has 0 saturated carbocycles. The van der Waals surface area contributed by atoms with E-state index in [1.165, 1.54) is 12.1 Å². The number of hydrogen-bond donors (Lipinski definition) is 2. The number of rotatable bonds is 4. The van der Waals surface area contributed by atoms with Gasteiger partial charge in [-0.2, -0.15) is 0 Å². The molecule has 0 aliphatic carbocycles. The molecule has 2 aromatic carbocycles. The van der Waals surface area contributed by atoms with E-state index >= 15 is 0 Å². The second kappa shape index (κ2) is 7.28. The fourth-order valence-electron chi connectivity index (χ4n) is 2.75. The van der Waals surface area contributed by atoms with Crippen LogP contribution < -0.4 is 10.6 Å². The normalized spacial score (nSPS) is 19.2. The highest BCUT2D eigenvalue weighted by atomic mass is 79.9. The average molecular weight is 455 g/mol. The molecule has 4 amide bonds. The van der Waals surface area contributed by atoms with Crippen LogP contribution in [0.4, 0.5) is 14.9 Å². The molecule has 27 heavy (non-hydrogen) atoms. The molecule has 1 aliphatic heterocycles. The molecule has 1 atom stereocenters. The summed E-state index contributed by atoms with van der Waals surface area (Å²) < 4.78 is 13.9. The van der Waals surface area contributed by atoms with E-state index in [-0.39, 0.29) is 10.7 Å². The highest BCUT2D eigenvalue weighted by Crippen LogP contribution is 2.30. The Hall–Kier alpha value is -2.45. The summed E-state index contributed by atoms with van der Waals surface area (Å²) in [7, 11) is 0. The van der Waals surface area contributed by atoms with Gasteiger partial charge in [-0.25, -0.2) is 9.18 Å².